The van der Waals surface area contributed by atoms with Crippen LogP contribution in [-0.2, 0) is 4.79 Å². The lowest BCUT2D eigenvalue weighted by atomic mass is 10.1. The maximum absolute atomic E-state index is 13.6. The maximum atomic E-state index is 13.6. The quantitative estimate of drug-likeness (QED) is 0.200. The molecule has 0 saturated heterocycles. The Hall–Kier alpha value is -5.00. The van der Waals surface area contributed by atoms with Crippen molar-refractivity contribution in [3.8, 4) is 17.6 Å². The van der Waals surface area contributed by atoms with Crippen molar-refractivity contribution in [3.63, 3.8) is 0 Å². The number of hydrogen-bond acceptors (Lipinski definition) is 6. The minimum atomic E-state index is -0.191. The number of fused-ring (bicyclic) bond motifs is 3. The van der Waals surface area contributed by atoms with Gasteiger partial charge in [-0.05, 0) is 92.1 Å². The number of nitrogens with one attached hydrogen (secondary N) is 1. The largest absolute Gasteiger partial charge is 0.490 e. The smallest absolute Gasteiger partial charge is 0.269 e. The number of allylic oxidation sites excluding steroid dienone is 1. The normalized spacial score (nSPS) is 12.4. The van der Waals surface area contributed by atoms with Crippen molar-refractivity contribution in [3.05, 3.63) is 101 Å². The van der Waals surface area contributed by atoms with E-state index in [1.165, 1.54) is 0 Å². The summed E-state index contributed by atoms with van der Waals surface area (Å²) < 4.78 is 11.9. The third kappa shape index (κ3) is 5.22. The molecule has 0 bridgehead atoms. The fourth-order valence-corrected chi connectivity index (χ4v) is 5.95. The van der Waals surface area contributed by atoms with Gasteiger partial charge in [-0.15, -0.1) is 0 Å². The Balaban J connectivity index is 1.25. The first kappa shape index (κ1) is 27.2. The van der Waals surface area contributed by atoms with Crippen LogP contribution >= 0.6 is 11.8 Å². The van der Waals surface area contributed by atoms with Crippen molar-refractivity contribution in [2.45, 2.75) is 30.6 Å². The lowest BCUT2D eigenvalue weighted by Crippen LogP contribution is -2.32. The van der Waals surface area contributed by atoms with Crippen LogP contribution in [-0.4, -0.2) is 29.1 Å². The number of para-hydroxylation sites is 2. The second kappa shape index (κ2) is 11.5. The third-order valence-corrected chi connectivity index (χ3v) is 8.21. The highest BCUT2D eigenvalue weighted by molar-refractivity contribution is 7.99. The number of carbonyl (C=O) groups excluding carboxylic acids is 1. The molecule has 208 valence electrons. The minimum Gasteiger partial charge on any atom is -0.490 e. The van der Waals surface area contributed by atoms with Gasteiger partial charge in [-0.1, -0.05) is 42.1 Å². The molecule has 42 heavy (non-hydrogen) atoms. The summed E-state index contributed by atoms with van der Waals surface area (Å²) in [4.78, 5) is 25.2. The van der Waals surface area contributed by atoms with E-state index in [1.54, 1.807) is 34.9 Å². The number of benzene rings is 4. The molecule has 7 nitrogen and oxygen atoms in total. The number of carbonyl (C=O) groups is 1. The van der Waals surface area contributed by atoms with Gasteiger partial charge in [0.1, 0.15) is 11.9 Å². The van der Waals surface area contributed by atoms with Crippen molar-refractivity contribution in [1.29, 1.82) is 5.26 Å². The van der Waals surface area contributed by atoms with Crippen LogP contribution < -0.4 is 14.4 Å². The Bertz CT molecular complexity index is 1820. The van der Waals surface area contributed by atoms with Gasteiger partial charge < -0.3 is 14.5 Å². The number of anilines is 2. The molecule has 0 saturated carbocycles. The number of aryl methyl sites for hydroxylation is 2. The summed E-state index contributed by atoms with van der Waals surface area (Å²) in [6.45, 7) is 6.21. The van der Waals surface area contributed by atoms with Gasteiger partial charge in [0.05, 0.1) is 34.6 Å². The minimum absolute atomic E-state index is 0.177. The molecule has 0 aliphatic carbocycles. The van der Waals surface area contributed by atoms with Gasteiger partial charge in [0.2, 0.25) is 0 Å². The molecule has 1 aliphatic rings. The van der Waals surface area contributed by atoms with Crippen molar-refractivity contribution in [1.82, 2.24) is 9.97 Å². The zero-order valence-electron chi connectivity index (χ0n) is 23.5. The number of nitrogens with zero attached hydrogens (tertiary/aromatic N) is 3. The molecular weight excluding hydrogens is 544 g/mol. The van der Waals surface area contributed by atoms with Crippen LogP contribution in [0.25, 0.3) is 22.7 Å². The number of aromatic nitrogens is 2. The van der Waals surface area contributed by atoms with Crippen molar-refractivity contribution in [2.24, 2.45) is 0 Å². The van der Waals surface area contributed by atoms with Gasteiger partial charge in [0, 0.05) is 9.79 Å². The van der Waals surface area contributed by atoms with Gasteiger partial charge in [-0.2, -0.15) is 5.26 Å². The topological polar surface area (TPSA) is 91.2 Å². The summed E-state index contributed by atoms with van der Waals surface area (Å²) in [6, 6.07) is 27.4. The lowest BCUT2D eigenvalue weighted by molar-refractivity contribution is -0.119. The maximum Gasteiger partial charge on any atom is 0.269 e. The van der Waals surface area contributed by atoms with Gasteiger partial charge >= 0.3 is 0 Å². The summed E-state index contributed by atoms with van der Waals surface area (Å²) in [5.74, 6) is 1.25. The van der Waals surface area contributed by atoms with E-state index in [-0.39, 0.29) is 12.5 Å². The van der Waals surface area contributed by atoms with E-state index < -0.39 is 0 Å². The number of ether oxygens (including phenoxy) is 2. The molecule has 4 aromatic carbocycles. The Morgan fingerprint density at radius 2 is 1.64 bits per heavy atom. The van der Waals surface area contributed by atoms with Crippen LogP contribution in [0.3, 0.4) is 0 Å². The number of amides is 1. The van der Waals surface area contributed by atoms with Gasteiger partial charge in [-0.3, -0.25) is 9.69 Å². The van der Waals surface area contributed by atoms with E-state index in [1.807, 2.05) is 87.5 Å². The monoisotopic (exact) mass is 572 g/mol. The standard InChI is InChI=1S/C34H28N4O3S/c1-4-40-30-18-23(17-24(19-35)34-36-25-15-21(2)22(3)16-26(25)37-34)13-14-29(30)41-20-33(39)38-27-9-5-7-11-31(27)42-32-12-8-6-10-28(32)38/h5-18H,4,20H2,1-3H3,(H,36,37)/b24-17+. The first-order chi connectivity index (χ1) is 20.4. The first-order valence-electron chi connectivity index (χ1n) is 13.6. The predicted octanol–water partition coefficient (Wildman–Crippen LogP) is 7.85. The fraction of sp³-hybridized carbons (Fsp3) is 0.147. The molecule has 0 unspecified atom stereocenters. The van der Waals surface area contributed by atoms with E-state index in [4.69, 9.17) is 9.47 Å². The van der Waals surface area contributed by atoms with Crippen LogP contribution in [0, 0.1) is 25.2 Å². The van der Waals surface area contributed by atoms with Crippen LogP contribution in [0.1, 0.15) is 29.4 Å². The summed E-state index contributed by atoms with van der Waals surface area (Å²) in [6.07, 6.45) is 1.76. The molecular formula is C34H28N4O3S. The molecule has 0 fully saturated rings. The molecule has 2 heterocycles. The molecule has 0 radical (unpaired) electrons. The molecule has 6 rings (SSSR count). The Labute approximate surface area is 248 Å². The van der Waals surface area contributed by atoms with Gasteiger partial charge in [-0.25, -0.2) is 4.98 Å². The van der Waals surface area contributed by atoms with Gasteiger partial charge in [0.15, 0.2) is 18.1 Å². The number of H-pyrrole nitrogens is 1. The lowest BCUT2D eigenvalue weighted by Gasteiger charge is -2.31. The average molecular weight is 573 g/mol. The Morgan fingerprint density at radius 1 is 0.952 bits per heavy atom. The number of nitriles is 1. The summed E-state index contributed by atoms with van der Waals surface area (Å²) >= 11 is 1.65. The van der Waals surface area contributed by atoms with E-state index >= 15 is 0 Å². The summed E-state index contributed by atoms with van der Waals surface area (Å²) in [7, 11) is 0. The highest BCUT2D eigenvalue weighted by Crippen LogP contribution is 2.48. The Morgan fingerprint density at radius 3 is 2.33 bits per heavy atom. The molecule has 0 atom stereocenters. The molecule has 0 spiro atoms. The van der Waals surface area contributed by atoms with E-state index in [2.05, 4.69) is 16.0 Å². The number of aromatic amines is 1. The van der Waals surface area contributed by atoms with Crippen molar-refractivity contribution < 1.29 is 14.3 Å². The van der Waals surface area contributed by atoms with Crippen LogP contribution in [0.2, 0.25) is 0 Å². The predicted molar refractivity (Wildman–Crippen MR) is 166 cm³/mol. The molecule has 1 N–H and O–H groups in total. The number of imidazole rings is 1. The van der Waals surface area contributed by atoms with Crippen LogP contribution in [0.5, 0.6) is 11.5 Å². The zero-order valence-corrected chi connectivity index (χ0v) is 24.3. The highest BCUT2D eigenvalue weighted by Gasteiger charge is 2.28. The molecule has 1 amide bonds. The molecule has 8 heteroatoms. The first-order valence-corrected chi connectivity index (χ1v) is 14.4. The van der Waals surface area contributed by atoms with E-state index in [9.17, 15) is 10.1 Å². The van der Waals surface area contributed by atoms with Crippen LogP contribution in [0.4, 0.5) is 11.4 Å². The molecule has 1 aliphatic heterocycles. The second-order valence-corrected chi connectivity index (χ2v) is 11.0. The van der Waals surface area contributed by atoms with E-state index in [0.29, 0.717) is 29.5 Å². The van der Waals surface area contributed by atoms with E-state index in [0.717, 1.165) is 48.9 Å². The number of hydrogen-bond donors (Lipinski definition) is 1. The summed E-state index contributed by atoms with van der Waals surface area (Å²) in [5.41, 5.74) is 6.81. The molecule has 5 aromatic rings. The third-order valence-electron chi connectivity index (χ3n) is 7.08. The fourth-order valence-electron chi connectivity index (χ4n) is 4.90. The Kier molecular flexibility index (Phi) is 7.43. The molecule has 1 aromatic heterocycles. The SMILES string of the molecule is CCOc1cc(/C=C(\C#N)c2nc3cc(C)c(C)cc3[nH]2)ccc1OCC(=O)N1c2ccccc2Sc2ccccc21. The summed E-state index contributed by atoms with van der Waals surface area (Å²) in [5, 5.41) is 9.93. The van der Waals surface area contributed by atoms with Crippen molar-refractivity contribution in [2.75, 3.05) is 18.1 Å². The average Bonchev–Trinajstić information content (AvgIpc) is 3.40. The van der Waals surface area contributed by atoms with Crippen molar-refractivity contribution >= 4 is 51.7 Å². The zero-order chi connectivity index (χ0) is 29.2. The second-order valence-electron chi connectivity index (χ2n) is 9.90. The van der Waals surface area contributed by atoms with Gasteiger partial charge in [0.25, 0.3) is 5.91 Å². The highest BCUT2D eigenvalue weighted by atomic mass is 32.2. The van der Waals surface area contributed by atoms with Crippen LogP contribution in [0.15, 0.2) is 88.7 Å². The number of rotatable bonds is 7.